The van der Waals surface area contributed by atoms with Crippen molar-refractivity contribution in [2.75, 3.05) is 6.54 Å². The SMILES string of the molecule is CC(C)CNC(=O)NC(=O)Cn1cnc2cc(-c3ccc(Cl)cc3)sc2c1=O. The molecular formula is C19H19ClN4O3S. The van der Waals surface area contributed by atoms with Crippen molar-refractivity contribution in [3.8, 4) is 10.4 Å². The fourth-order valence-electron chi connectivity index (χ4n) is 2.48. The molecule has 9 heteroatoms. The number of hydrogen-bond acceptors (Lipinski definition) is 5. The lowest BCUT2D eigenvalue weighted by atomic mass is 10.2. The zero-order valence-corrected chi connectivity index (χ0v) is 16.9. The zero-order chi connectivity index (χ0) is 20.3. The second-order valence-electron chi connectivity index (χ2n) is 6.66. The number of nitrogens with one attached hydrogen (secondary N) is 2. The second-order valence-corrected chi connectivity index (χ2v) is 8.15. The Labute approximate surface area is 170 Å². The smallest absolute Gasteiger partial charge is 0.321 e. The fraction of sp³-hybridized carbons (Fsp3) is 0.263. The molecule has 0 saturated heterocycles. The molecule has 0 aliphatic rings. The molecule has 28 heavy (non-hydrogen) atoms. The maximum atomic E-state index is 12.7. The molecule has 0 saturated carbocycles. The summed E-state index contributed by atoms with van der Waals surface area (Å²) in [6, 6.07) is 8.54. The van der Waals surface area contributed by atoms with Crippen LogP contribution in [-0.4, -0.2) is 28.0 Å². The molecular weight excluding hydrogens is 400 g/mol. The summed E-state index contributed by atoms with van der Waals surface area (Å²) < 4.78 is 1.64. The number of amides is 3. The first kappa shape index (κ1) is 20.0. The molecule has 146 valence electrons. The number of carbonyl (C=O) groups is 2. The van der Waals surface area contributed by atoms with Crippen molar-refractivity contribution in [2.45, 2.75) is 20.4 Å². The molecule has 1 aromatic carbocycles. The van der Waals surface area contributed by atoms with Gasteiger partial charge in [0.05, 0.1) is 11.8 Å². The Hall–Kier alpha value is -2.71. The standard InChI is InChI=1S/C19H19ClN4O3S/c1-11(2)8-21-19(27)23-16(25)9-24-10-22-14-7-15(28-17(14)18(24)26)12-3-5-13(20)6-4-12/h3-7,10-11H,8-9H2,1-2H3,(H2,21,23,25,27). The van der Waals surface area contributed by atoms with E-state index in [-0.39, 0.29) is 18.0 Å². The van der Waals surface area contributed by atoms with E-state index >= 15 is 0 Å². The number of carbonyl (C=O) groups excluding carboxylic acids is 2. The maximum absolute atomic E-state index is 12.7. The fourth-order valence-corrected chi connectivity index (χ4v) is 3.67. The Bertz CT molecular complexity index is 1070. The third-order valence-electron chi connectivity index (χ3n) is 3.87. The van der Waals surface area contributed by atoms with E-state index in [1.54, 1.807) is 12.1 Å². The van der Waals surface area contributed by atoms with Gasteiger partial charge in [-0.3, -0.25) is 19.5 Å². The second kappa shape index (κ2) is 8.53. The van der Waals surface area contributed by atoms with Crippen LogP contribution in [0, 0.1) is 5.92 Å². The highest BCUT2D eigenvalue weighted by molar-refractivity contribution is 7.22. The van der Waals surface area contributed by atoms with Crippen LogP contribution < -0.4 is 16.2 Å². The van der Waals surface area contributed by atoms with Crippen molar-refractivity contribution in [3.63, 3.8) is 0 Å². The van der Waals surface area contributed by atoms with E-state index in [0.29, 0.717) is 21.8 Å². The molecule has 0 bridgehead atoms. The molecule has 0 fully saturated rings. The molecule has 0 unspecified atom stereocenters. The van der Waals surface area contributed by atoms with Crippen LogP contribution in [-0.2, 0) is 11.3 Å². The van der Waals surface area contributed by atoms with Crippen molar-refractivity contribution in [1.29, 1.82) is 0 Å². The summed E-state index contributed by atoms with van der Waals surface area (Å²) in [5, 5.41) is 5.43. The molecule has 3 amide bonds. The molecule has 7 nitrogen and oxygen atoms in total. The van der Waals surface area contributed by atoms with E-state index in [9.17, 15) is 14.4 Å². The minimum atomic E-state index is -0.584. The molecule has 0 atom stereocenters. The van der Waals surface area contributed by atoms with Crippen molar-refractivity contribution in [2.24, 2.45) is 5.92 Å². The van der Waals surface area contributed by atoms with Crippen LogP contribution in [0.5, 0.6) is 0 Å². The van der Waals surface area contributed by atoms with Gasteiger partial charge in [0.15, 0.2) is 0 Å². The van der Waals surface area contributed by atoms with Gasteiger partial charge in [-0.1, -0.05) is 37.6 Å². The Morgan fingerprint density at radius 3 is 2.64 bits per heavy atom. The van der Waals surface area contributed by atoms with E-state index < -0.39 is 11.9 Å². The van der Waals surface area contributed by atoms with E-state index in [1.165, 1.54) is 22.2 Å². The summed E-state index contributed by atoms with van der Waals surface area (Å²) in [6.07, 6.45) is 1.31. The van der Waals surface area contributed by atoms with Gasteiger partial charge in [0.25, 0.3) is 5.56 Å². The van der Waals surface area contributed by atoms with Gasteiger partial charge in [0.1, 0.15) is 11.2 Å². The van der Waals surface area contributed by atoms with Gasteiger partial charge < -0.3 is 5.32 Å². The topological polar surface area (TPSA) is 93.1 Å². The molecule has 3 rings (SSSR count). The van der Waals surface area contributed by atoms with Gasteiger partial charge in [-0.05, 0) is 29.7 Å². The third kappa shape index (κ3) is 4.76. The minimum absolute atomic E-state index is 0.267. The Kier molecular flexibility index (Phi) is 6.11. The number of fused-ring (bicyclic) bond motifs is 1. The molecule has 0 spiro atoms. The predicted octanol–water partition coefficient (Wildman–Crippen LogP) is 3.26. The average Bonchev–Trinajstić information content (AvgIpc) is 3.08. The monoisotopic (exact) mass is 418 g/mol. The van der Waals surface area contributed by atoms with E-state index in [4.69, 9.17) is 11.6 Å². The van der Waals surface area contributed by atoms with Crippen LogP contribution in [0.2, 0.25) is 5.02 Å². The minimum Gasteiger partial charge on any atom is -0.338 e. The molecule has 0 aliphatic heterocycles. The summed E-state index contributed by atoms with van der Waals surface area (Å²) in [6.45, 7) is 4.06. The van der Waals surface area contributed by atoms with Gasteiger partial charge >= 0.3 is 6.03 Å². The van der Waals surface area contributed by atoms with Crippen LogP contribution in [0.15, 0.2) is 41.5 Å². The lowest BCUT2D eigenvalue weighted by molar-refractivity contribution is -0.120. The molecule has 2 N–H and O–H groups in total. The van der Waals surface area contributed by atoms with Gasteiger partial charge in [-0.25, -0.2) is 9.78 Å². The first-order chi connectivity index (χ1) is 13.3. The van der Waals surface area contributed by atoms with Crippen LogP contribution in [0.1, 0.15) is 13.8 Å². The predicted molar refractivity (Wildman–Crippen MR) is 111 cm³/mol. The van der Waals surface area contributed by atoms with E-state index in [1.807, 2.05) is 32.0 Å². The lowest BCUT2D eigenvalue weighted by Gasteiger charge is -2.09. The van der Waals surface area contributed by atoms with Gasteiger partial charge in [-0.2, -0.15) is 0 Å². The number of halogens is 1. The van der Waals surface area contributed by atoms with Crippen molar-refractivity contribution in [1.82, 2.24) is 20.2 Å². The van der Waals surface area contributed by atoms with E-state index in [0.717, 1.165) is 10.4 Å². The summed E-state index contributed by atoms with van der Waals surface area (Å²) >= 11 is 7.21. The molecule has 0 aliphatic carbocycles. The summed E-state index contributed by atoms with van der Waals surface area (Å²) in [7, 11) is 0. The average molecular weight is 419 g/mol. The Morgan fingerprint density at radius 2 is 1.96 bits per heavy atom. The van der Waals surface area contributed by atoms with Crippen LogP contribution >= 0.6 is 22.9 Å². The molecule has 0 radical (unpaired) electrons. The molecule has 2 heterocycles. The van der Waals surface area contributed by atoms with Gasteiger partial charge in [-0.15, -0.1) is 11.3 Å². The highest BCUT2D eigenvalue weighted by Crippen LogP contribution is 2.31. The highest BCUT2D eigenvalue weighted by atomic mass is 35.5. The van der Waals surface area contributed by atoms with Crippen molar-refractivity contribution in [3.05, 3.63) is 52.0 Å². The Balaban J connectivity index is 1.77. The number of rotatable bonds is 5. The lowest BCUT2D eigenvalue weighted by Crippen LogP contribution is -2.43. The number of nitrogens with zero attached hydrogens (tertiary/aromatic N) is 2. The molecule has 2 aromatic heterocycles. The number of imide groups is 1. The number of urea groups is 1. The first-order valence-corrected chi connectivity index (χ1v) is 9.85. The largest absolute Gasteiger partial charge is 0.338 e. The maximum Gasteiger partial charge on any atom is 0.321 e. The van der Waals surface area contributed by atoms with Crippen LogP contribution in [0.3, 0.4) is 0 Å². The van der Waals surface area contributed by atoms with Crippen LogP contribution in [0.4, 0.5) is 4.79 Å². The van der Waals surface area contributed by atoms with Crippen molar-refractivity contribution >= 4 is 45.1 Å². The van der Waals surface area contributed by atoms with Crippen molar-refractivity contribution < 1.29 is 9.59 Å². The quantitative estimate of drug-likeness (QED) is 0.665. The third-order valence-corrected chi connectivity index (χ3v) is 5.28. The number of thiophene rings is 1. The number of benzene rings is 1. The Morgan fingerprint density at radius 1 is 1.25 bits per heavy atom. The number of hydrogen-bond donors (Lipinski definition) is 2. The van der Waals surface area contributed by atoms with E-state index in [2.05, 4.69) is 15.6 Å². The number of aromatic nitrogens is 2. The normalized spacial score (nSPS) is 11.0. The zero-order valence-electron chi connectivity index (χ0n) is 15.4. The summed E-state index contributed by atoms with van der Waals surface area (Å²) in [5.41, 5.74) is 1.16. The summed E-state index contributed by atoms with van der Waals surface area (Å²) in [5.74, 6) is -0.317. The molecule has 3 aromatic rings. The first-order valence-electron chi connectivity index (χ1n) is 8.66. The summed E-state index contributed by atoms with van der Waals surface area (Å²) in [4.78, 5) is 41.6. The highest BCUT2D eigenvalue weighted by Gasteiger charge is 2.14. The van der Waals surface area contributed by atoms with Gasteiger partial charge in [0.2, 0.25) is 5.91 Å². The van der Waals surface area contributed by atoms with Crippen LogP contribution in [0.25, 0.3) is 20.7 Å². The van der Waals surface area contributed by atoms with Gasteiger partial charge in [0, 0.05) is 16.4 Å².